The summed E-state index contributed by atoms with van der Waals surface area (Å²) in [5.41, 5.74) is -1.27. The van der Waals surface area contributed by atoms with Gasteiger partial charge in [-0.05, 0) is 26.0 Å². The number of carboxylic acid groups (broad SMARTS) is 1. The van der Waals surface area contributed by atoms with E-state index in [2.05, 4.69) is 10.3 Å². The Labute approximate surface area is 126 Å². The highest BCUT2D eigenvalue weighted by Gasteiger charge is 2.31. The molecule has 1 atom stereocenters. The fraction of sp³-hybridized carbons (Fsp3) is 0.267. The Morgan fingerprint density at radius 1 is 1.32 bits per heavy atom. The number of benzene rings is 1. The van der Waals surface area contributed by atoms with Crippen LogP contribution in [0.15, 0.2) is 34.7 Å². The smallest absolute Gasteiger partial charge is 0.337 e. The lowest BCUT2D eigenvalue weighted by atomic mass is 10.1. The molecule has 1 amide bonds. The number of rotatable bonds is 5. The lowest BCUT2D eigenvalue weighted by molar-refractivity contribution is -0.155. The number of aromatic nitrogens is 1. The number of nitrogens with one attached hydrogen (secondary N) is 1. The quantitative estimate of drug-likeness (QED) is 0.765. The minimum absolute atomic E-state index is 0.0556. The van der Waals surface area contributed by atoms with Crippen molar-refractivity contribution in [2.24, 2.45) is 0 Å². The molecule has 0 spiro atoms. The van der Waals surface area contributed by atoms with E-state index in [-0.39, 0.29) is 5.69 Å². The molecular weight excluding hydrogens is 288 g/mol. The van der Waals surface area contributed by atoms with Crippen molar-refractivity contribution in [3.05, 3.63) is 41.8 Å². The number of amides is 1. The van der Waals surface area contributed by atoms with Crippen LogP contribution < -0.4 is 5.32 Å². The van der Waals surface area contributed by atoms with Gasteiger partial charge in [0.2, 0.25) is 5.89 Å². The third-order valence-electron chi connectivity index (χ3n) is 3.09. The molecule has 7 heteroatoms. The van der Waals surface area contributed by atoms with Gasteiger partial charge in [0.1, 0.15) is 5.76 Å². The van der Waals surface area contributed by atoms with Crippen molar-refractivity contribution in [1.29, 1.82) is 0 Å². The largest absolute Gasteiger partial charge is 0.479 e. The first-order valence-corrected chi connectivity index (χ1v) is 6.58. The van der Waals surface area contributed by atoms with Crippen molar-refractivity contribution < 1.29 is 24.2 Å². The molecule has 0 fully saturated rings. The third kappa shape index (κ3) is 3.32. The number of aliphatic carboxylic acids is 1. The monoisotopic (exact) mass is 304 g/mol. The van der Waals surface area contributed by atoms with Crippen LogP contribution in [0.5, 0.6) is 0 Å². The molecule has 0 radical (unpaired) electrons. The molecule has 0 bridgehead atoms. The van der Waals surface area contributed by atoms with Gasteiger partial charge in [-0.3, -0.25) is 4.79 Å². The van der Waals surface area contributed by atoms with Gasteiger partial charge in [0.05, 0.1) is 6.54 Å². The van der Waals surface area contributed by atoms with E-state index in [9.17, 15) is 14.7 Å². The number of aryl methyl sites for hydroxylation is 1. The van der Waals surface area contributed by atoms with Crippen LogP contribution in [0.3, 0.4) is 0 Å². The van der Waals surface area contributed by atoms with Crippen LogP contribution in [0.2, 0.25) is 0 Å². The van der Waals surface area contributed by atoms with Crippen molar-refractivity contribution >= 4 is 11.9 Å². The minimum atomic E-state index is -2.05. The zero-order chi connectivity index (χ0) is 16.3. The van der Waals surface area contributed by atoms with Crippen LogP contribution in [0.25, 0.3) is 11.5 Å². The van der Waals surface area contributed by atoms with Gasteiger partial charge in [-0.15, -0.1) is 0 Å². The molecule has 2 rings (SSSR count). The highest BCUT2D eigenvalue weighted by Crippen LogP contribution is 2.21. The lowest BCUT2D eigenvalue weighted by Gasteiger charge is -2.17. The highest BCUT2D eigenvalue weighted by molar-refractivity contribution is 5.94. The van der Waals surface area contributed by atoms with Gasteiger partial charge in [0, 0.05) is 5.56 Å². The number of hydrogen-bond donors (Lipinski definition) is 3. The predicted molar refractivity (Wildman–Crippen MR) is 77.3 cm³/mol. The first kappa shape index (κ1) is 15.7. The van der Waals surface area contributed by atoms with Gasteiger partial charge in [-0.25, -0.2) is 9.78 Å². The first-order chi connectivity index (χ1) is 10.3. The molecule has 0 aliphatic rings. The van der Waals surface area contributed by atoms with Gasteiger partial charge in [0.15, 0.2) is 11.3 Å². The zero-order valence-electron chi connectivity index (χ0n) is 12.2. The Morgan fingerprint density at radius 3 is 2.55 bits per heavy atom. The van der Waals surface area contributed by atoms with Crippen LogP contribution in [-0.2, 0) is 4.79 Å². The summed E-state index contributed by atoms with van der Waals surface area (Å²) in [6, 6.07) is 9.07. The molecule has 0 aliphatic carbocycles. The molecule has 1 heterocycles. The predicted octanol–water partition coefficient (Wildman–Crippen LogP) is 1.22. The summed E-state index contributed by atoms with van der Waals surface area (Å²) < 4.78 is 5.45. The van der Waals surface area contributed by atoms with E-state index in [4.69, 9.17) is 9.52 Å². The number of hydrogen-bond acceptors (Lipinski definition) is 5. The third-order valence-corrected chi connectivity index (χ3v) is 3.09. The van der Waals surface area contributed by atoms with E-state index < -0.39 is 24.0 Å². The van der Waals surface area contributed by atoms with Gasteiger partial charge >= 0.3 is 5.97 Å². The number of aliphatic hydroxyl groups is 1. The average molecular weight is 304 g/mol. The second-order valence-corrected chi connectivity index (χ2v) is 5.05. The second kappa shape index (κ2) is 5.98. The number of nitrogens with zero attached hydrogens (tertiary/aromatic N) is 1. The van der Waals surface area contributed by atoms with Gasteiger partial charge in [0.25, 0.3) is 5.91 Å². The number of carbonyl (C=O) groups excluding carboxylic acids is 1. The van der Waals surface area contributed by atoms with Crippen molar-refractivity contribution in [1.82, 2.24) is 10.3 Å². The fourth-order valence-electron chi connectivity index (χ4n) is 1.72. The van der Waals surface area contributed by atoms with E-state index in [0.717, 1.165) is 12.5 Å². The normalized spacial score (nSPS) is 13.4. The molecule has 1 aromatic carbocycles. The molecule has 0 aliphatic heterocycles. The maximum Gasteiger partial charge on any atom is 0.337 e. The number of carbonyl (C=O) groups is 2. The Hall–Kier alpha value is -2.67. The van der Waals surface area contributed by atoms with Crippen LogP contribution in [0.4, 0.5) is 0 Å². The standard InChI is InChI=1S/C15H16N2O5/c1-9-11(12(18)16-8-15(2,21)14(19)20)17-13(22-9)10-6-4-3-5-7-10/h3-7,21H,8H2,1-2H3,(H,16,18)(H,19,20). The summed E-state index contributed by atoms with van der Waals surface area (Å²) >= 11 is 0. The highest BCUT2D eigenvalue weighted by atomic mass is 16.4. The van der Waals surface area contributed by atoms with Gasteiger partial charge < -0.3 is 19.9 Å². The van der Waals surface area contributed by atoms with E-state index in [0.29, 0.717) is 11.7 Å². The van der Waals surface area contributed by atoms with Crippen molar-refractivity contribution in [3.63, 3.8) is 0 Å². The SMILES string of the molecule is Cc1oc(-c2ccccc2)nc1C(=O)NCC(C)(O)C(=O)O. The van der Waals surface area contributed by atoms with Gasteiger partial charge in [-0.1, -0.05) is 18.2 Å². The Bertz CT molecular complexity index is 691. The molecule has 0 saturated carbocycles. The van der Waals surface area contributed by atoms with Crippen LogP contribution in [0.1, 0.15) is 23.2 Å². The molecule has 0 saturated heterocycles. The first-order valence-electron chi connectivity index (χ1n) is 6.58. The maximum atomic E-state index is 12.0. The maximum absolute atomic E-state index is 12.0. The van der Waals surface area contributed by atoms with Crippen LogP contribution >= 0.6 is 0 Å². The molecule has 1 aromatic heterocycles. The van der Waals surface area contributed by atoms with E-state index in [1.54, 1.807) is 19.1 Å². The molecule has 3 N–H and O–H groups in total. The summed E-state index contributed by atoms with van der Waals surface area (Å²) in [4.78, 5) is 27.0. The van der Waals surface area contributed by atoms with Crippen LogP contribution in [-0.4, -0.2) is 39.2 Å². The van der Waals surface area contributed by atoms with Crippen LogP contribution in [0, 0.1) is 6.92 Å². The summed E-state index contributed by atoms with van der Waals surface area (Å²) in [6.45, 7) is 2.25. The molecule has 22 heavy (non-hydrogen) atoms. The fourth-order valence-corrected chi connectivity index (χ4v) is 1.72. The van der Waals surface area contributed by atoms with Crippen molar-refractivity contribution in [3.8, 4) is 11.5 Å². The molecule has 1 unspecified atom stereocenters. The molecule has 116 valence electrons. The molecule has 2 aromatic rings. The molecular formula is C15H16N2O5. The summed E-state index contributed by atoms with van der Waals surface area (Å²) in [5, 5.41) is 20.7. The summed E-state index contributed by atoms with van der Waals surface area (Å²) in [5.74, 6) is -1.42. The molecule has 7 nitrogen and oxygen atoms in total. The van der Waals surface area contributed by atoms with Crippen molar-refractivity contribution in [2.75, 3.05) is 6.54 Å². The average Bonchev–Trinajstić information content (AvgIpc) is 2.88. The summed E-state index contributed by atoms with van der Waals surface area (Å²) in [6.07, 6.45) is 0. The van der Waals surface area contributed by atoms with E-state index in [1.165, 1.54) is 0 Å². The van der Waals surface area contributed by atoms with E-state index >= 15 is 0 Å². The van der Waals surface area contributed by atoms with Gasteiger partial charge in [-0.2, -0.15) is 0 Å². The zero-order valence-corrected chi connectivity index (χ0v) is 12.2. The number of oxazole rings is 1. The van der Waals surface area contributed by atoms with Crippen molar-refractivity contribution in [2.45, 2.75) is 19.4 Å². The topological polar surface area (TPSA) is 113 Å². The Kier molecular flexibility index (Phi) is 4.27. The minimum Gasteiger partial charge on any atom is -0.479 e. The summed E-state index contributed by atoms with van der Waals surface area (Å²) in [7, 11) is 0. The Morgan fingerprint density at radius 2 is 1.95 bits per heavy atom. The van der Waals surface area contributed by atoms with E-state index in [1.807, 2.05) is 18.2 Å². The number of carboxylic acids is 1. The Balaban J connectivity index is 2.15. The second-order valence-electron chi connectivity index (χ2n) is 5.05. The lowest BCUT2D eigenvalue weighted by Crippen LogP contribution is -2.46.